The Hall–Kier alpha value is -1.71. The molecule has 2 N–H and O–H groups in total. The van der Waals surface area contributed by atoms with E-state index in [0.717, 1.165) is 11.4 Å². The second kappa shape index (κ2) is 6.89. The van der Waals surface area contributed by atoms with E-state index in [1.54, 1.807) is 0 Å². The number of carboxylic acids is 1. The number of benzene rings is 1. The van der Waals surface area contributed by atoms with Crippen LogP contribution in [0.2, 0.25) is 0 Å². The third-order valence-corrected chi connectivity index (χ3v) is 2.82. The molecule has 1 aromatic carbocycles. The van der Waals surface area contributed by atoms with Crippen LogP contribution >= 0.6 is 0 Å². The van der Waals surface area contributed by atoms with E-state index in [-0.39, 0.29) is 5.92 Å². The number of nitrogens with one attached hydrogen (secondary N) is 1. The van der Waals surface area contributed by atoms with E-state index in [1.807, 2.05) is 45.0 Å². The molecule has 0 aliphatic carbocycles. The molecule has 1 rings (SSSR count). The summed E-state index contributed by atoms with van der Waals surface area (Å²) in [5.41, 5.74) is 0.839. The van der Waals surface area contributed by atoms with Crippen LogP contribution in [-0.2, 0) is 4.79 Å². The molecular weight excluding hydrogens is 230 g/mol. The van der Waals surface area contributed by atoms with Gasteiger partial charge in [-0.05, 0) is 25.0 Å². The third-order valence-electron chi connectivity index (χ3n) is 2.82. The molecule has 0 spiro atoms. The number of rotatable bonds is 7. The van der Waals surface area contributed by atoms with Gasteiger partial charge in [0, 0.05) is 6.54 Å². The number of carbonyl (C=O) groups is 1. The highest BCUT2D eigenvalue weighted by atomic mass is 16.5. The molecule has 0 aliphatic heterocycles. The smallest absolute Gasteiger partial charge is 0.308 e. The van der Waals surface area contributed by atoms with Gasteiger partial charge in [0.05, 0.1) is 18.2 Å². The maximum absolute atomic E-state index is 11.1. The fourth-order valence-corrected chi connectivity index (χ4v) is 1.72. The summed E-state index contributed by atoms with van der Waals surface area (Å²) in [6.45, 7) is 6.73. The van der Waals surface area contributed by atoms with Gasteiger partial charge in [0.2, 0.25) is 0 Å². The van der Waals surface area contributed by atoms with Crippen LogP contribution in [0.5, 0.6) is 5.75 Å². The first-order chi connectivity index (χ1) is 8.56. The molecular formula is C14H21NO3. The van der Waals surface area contributed by atoms with Gasteiger partial charge >= 0.3 is 5.97 Å². The van der Waals surface area contributed by atoms with Crippen molar-refractivity contribution in [3.63, 3.8) is 0 Å². The maximum Gasteiger partial charge on any atom is 0.308 e. The number of anilines is 1. The zero-order valence-corrected chi connectivity index (χ0v) is 11.1. The number of ether oxygens (including phenoxy) is 1. The summed E-state index contributed by atoms with van der Waals surface area (Å²) >= 11 is 0. The van der Waals surface area contributed by atoms with Crippen molar-refractivity contribution in [2.45, 2.75) is 20.8 Å². The minimum Gasteiger partial charge on any atom is -0.492 e. The second-order valence-corrected chi connectivity index (χ2v) is 4.50. The lowest BCUT2D eigenvalue weighted by molar-refractivity contribution is -0.142. The van der Waals surface area contributed by atoms with Crippen molar-refractivity contribution in [3.8, 4) is 5.75 Å². The average molecular weight is 251 g/mol. The second-order valence-electron chi connectivity index (χ2n) is 4.50. The van der Waals surface area contributed by atoms with Gasteiger partial charge in [0.1, 0.15) is 5.75 Å². The van der Waals surface area contributed by atoms with Crippen molar-refractivity contribution in [1.82, 2.24) is 0 Å². The molecule has 4 nitrogen and oxygen atoms in total. The van der Waals surface area contributed by atoms with Crippen molar-refractivity contribution in [1.29, 1.82) is 0 Å². The van der Waals surface area contributed by atoms with Crippen LogP contribution in [0.3, 0.4) is 0 Å². The molecule has 1 atom stereocenters. The van der Waals surface area contributed by atoms with Gasteiger partial charge in [-0.1, -0.05) is 26.0 Å². The monoisotopic (exact) mass is 251 g/mol. The number of carboxylic acid groups (broad SMARTS) is 1. The molecule has 0 aliphatic rings. The van der Waals surface area contributed by atoms with Crippen LogP contribution in [0.25, 0.3) is 0 Å². The average Bonchev–Trinajstić information content (AvgIpc) is 2.31. The summed E-state index contributed by atoms with van der Waals surface area (Å²) in [4.78, 5) is 11.1. The summed E-state index contributed by atoms with van der Waals surface area (Å²) < 4.78 is 5.48. The van der Waals surface area contributed by atoms with E-state index in [1.165, 1.54) is 0 Å². The molecule has 0 radical (unpaired) electrons. The zero-order valence-electron chi connectivity index (χ0n) is 11.1. The number of para-hydroxylation sites is 2. The Balaban J connectivity index is 2.70. The van der Waals surface area contributed by atoms with E-state index in [4.69, 9.17) is 9.84 Å². The lowest BCUT2D eigenvalue weighted by atomic mass is 9.96. The maximum atomic E-state index is 11.1. The molecule has 4 heteroatoms. The van der Waals surface area contributed by atoms with Crippen LogP contribution in [0, 0.1) is 11.8 Å². The Kier molecular flexibility index (Phi) is 5.49. The summed E-state index contributed by atoms with van der Waals surface area (Å²) in [7, 11) is 0. The van der Waals surface area contributed by atoms with Crippen molar-refractivity contribution >= 4 is 11.7 Å². The fraction of sp³-hybridized carbons (Fsp3) is 0.500. The number of hydrogen-bond acceptors (Lipinski definition) is 3. The van der Waals surface area contributed by atoms with Gasteiger partial charge in [-0.25, -0.2) is 0 Å². The van der Waals surface area contributed by atoms with Crippen molar-refractivity contribution in [3.05, 3.63) is 24.3 Å². The Morgan fingerprint density at radius 1 is 1.39 bits per heavy atom. The SMILES string of the molecule is CCOc1ccccc1NCC(C(=O)O)C(C)C. The van der Waals surface area contributed by atoms with E-state index < -0.39 is 11.9 Å². The topological polar surface area (TPSA) is 58.6 Å². The molecule has 18 heavy (non-hydrogen) atoms. The van der Waals surface area contributed by atoms with Crippen LogP contribution in [0.15, 0.2) is 24.3 Å². The predicted octanol–water partition coefficient (Wildman–Crippen LogP) is 2.85. The fourth-order valence-electron chi connectivity index (χ4n) is 1.72. The zero-order chi connectivity index (χ0) is 13.5. The largest absolute Gasteiger partial charge is 0.492 e. The molecule has 0 aromatic heterocycles. The standard InChI is InChI=1S/C14H21NO3/c1-4-18-13-8-6-5-7-12(13)15-9-11(10(2)3)14(16)17/h5-8,10-11,15H,4,9H2,1-3H3,(H,16,17). The van der Waals surface area contributed by atoms with Crippen LogP contribution in [0.1, 0.15) is 20.8 Å². The molecule has 0 bridgehead atoms. The van der Waals surface area contributed by atoms with Gasteiger partial charge in [0.15, 0.2) is 0 Å². The van der Waals surface area contributed by atoms with Crippen LogP contribution in [0.4, 0.5) is 5.69 Å². The van der Waals surface area contributed by atoms with Crippen molar-refractivity contribution in [2.75, 3.05) is 18.5 Å². The van der Waals surface area contributed by atoms with Gasteiger partial charge in [-0.15, -0.1) is 0 Å². The lowest BCUT2D eigenvalue weighted by Crippen LogP contribution is -2.27. The highest BCUT2D eigenvalue weighted by Gasteiger charge is 2.21. The summed E-state index contributed by atoms with van der Waals surface area (Å²) in [6, 6.07) is 7.56. The van der Waals surface area contributed by atoms with Crippen LogP contribution in [-0.4, -0.2) is 24.2 Å². The first-order valence-electron chi connectivity index (χ1n) is 6.24. The summed E-state index contributed by atoms with van der Waals surface area (Å²) in [5.74, 6) is -0.326. The van der Waals surface area contributed by atoms with E-state index >= 15 is 0 Å². The van der Waals surface area contributed by atoms with E-state index in [9.17, 15) is 4.79 Å². The van der Waals surface area contributed by atoms with Crippen LogP contribution < -0.4 is 10.1 Å². The Morgan fingerprint density at radius 2 is 2.06 bits per heavy atom. The summed E-state index contributed by atoms with van der Waals surface area (Å²) in [6.07, 6.45) is 0. The molecule has 0 saturated carbocycles. The van der Waals surface area contributed by atoms with Gasteiger partial charge in [-0.2, -0.15) is 0 Å². The minimum absolute atomic E-state index is 0.0919. The number of aliphatic carboxylic acids is 1. The van der Waals surface area contributed by atoms with E-state index in [2.05, 4.69) is 5.32 Å². The quantitative estimate of drug-likeness (QED) is 0.782. The summed E-state index contributed by atoms with van der Waals surface area (Å²) in [5, 5.41) is 12.3. The molecule has 0 fully saturated rings. The van der Waals surface area contributed by atoms with Gasteiger partial charge < -0.3 is 15.2 Å². The lowest BCUT2D eigenvalue weighted by Gasteiger charge is -2.18. The molecule has 0 heterocycles. The normalized spacial score (nSPS) is 12.2. The molecule has 1 aromatic rings. The number of hydrogen-bond donors (Lipinski definition) is 2. The minimum atomic E-state index is -0.772. The van der Waals surface area contributed by atoms with E-state index in [0.29, 0.717) is 13.2 Å². The van der Waals surface area contributed by atoms with Gasteiger partial charge in [0.25, 0.3) is 0 Å². The Morgan fingerprint density at radius 3 is 2.61 bits per heavy atom. The Bertz CT molecular complexity index is 390. The highest BCUT2D eigenvalue weighted by molar-refractivity contribution is 5.71. The van der Waals surface area contributed by atoms with Gasteiger partial charge in [-0.3, -0.25) is 4.79 Å². The third kappa shape index (κ3) is 3.95. The highest BCUT2D eigenvalue weighted by Crippen LogP contribution is 2.24. The molecule has 0 saturated heterocycles. The molecule has 100 valence electrons. The first-order valence-corrected chi connectivity index (χ1v) is 6.24. The molecule has 0 amide bonds. The first kappa shape index (κ1) is 14.4. The van der Waals surface area contributed by atoms with Crippen molar-refractivity contribution < 1.29 is 14.6 Å². The molecule has 1 unspecified atom stereocenters. The Labute approximate surface area is 108 Å². The van der Waals surface area contributed by atoms with Crippen molar-refractivity contribution in [2.24, 2.45) is 11.8 Å². The predicted molar refractivity (Wildman–Crippen MR) is 72.1 cm³/mol.